The van der Waals surface area contributed by atoms with E-state index < -0.39 is 74.8 Å². The van der Waals surface area contributed by atoms with Crippen LogP contribution in [0.2, 0.25) is 0 Å². The number of rotatable bonds is 2. The minimum atomic E-state index is -6.06. The van der Waals surface area contributed by atoms with Gasteiger partial charge in [-0.05, 0) is 46.0 Å². The molecule has 12 heteroatoms. The van der Waals surface area contributed by atoms with Crippen LogP contribution in [0.4, 0.5) is 26.3 Å². The lowest BCUT2D eigenvalue weighted by Gasteiger charge is -2.40. The number of hydrogen-bond donors (Lipinski definition) is 2. The Labute approximate surface area is 202 Å². The van der Waals surface area contributed by atoms with Crippen molar-refractivity contribution in [2.24, 2.45) is 0 Å². The summed E-state index contributed by atoms with van der Waals surface area (Å²) in [6, 6.07) is 7.61. The Bertz CT molecular complexity index is 1610. The van der Waals surface area contributed by atoms with E-state index in [1.54, 1.807) is 0 Å². The molecule has 4 amide bonds. The second-order valence-electron chi connectivity index (χ2n) is 8.75. The molecule has 0 radical (unpaired) electrons. The fraction of sp³-hybridized carbons (Fsp3) is 0.120. The quantitative estimate of drug-likeness (QED) is 0.303. The summed E-state index contributed by atoms with van der Waals surface area (Å²) in [6.07, 6.45) is -12.1. The second kappa shape index (κ2) is 6.84. The molecule has 2 aliphatic heterocycles. The van der Waals surface area contributed by atoms with Gasteiger partial charge in [-0.15, -0.1) is 0 Å². The number of fused-ring (bicyclic) bond motifs is 4. The molecule has 0 spiro atoms. The number of benzene rings is 3. The Balaban J connectivity index is 1.83. The molecule has 3 aromatic rings. The molecule has 0 atom stereocenters. The van der Waals surface area contributed by atoms with Crippen molar-refractivity contribution in [2.45, 2.75) is 17.8 Å². The van der Waals surface area contributed by atoms with E-state index in [2.05, 4.69) is 0 Å². The Morgan fingerprint density at radius 3 is 1.68 bits per heavy atom. The minimum Gasteiger partial charge on any atom is -0.288 e. The van der Waals surface area contributed by atoms with Crippen LogP contribution in [0.5, 0.6) is 0 Å². The van der Waals surface area contributed by atoms with Crippen LogP contribution in [0.1, 0.15) is 52.6 Å². The molecule has 0 unspecified atom stereocenters. The molecular weight excluding hydrogens is 506 g/mol. The van der Waals surface area contributed by atoms with Gasteiger partial charge in [-0.2, -0.15) is 26.3 Å². The van der Waals surface area contributed by atoms with Crippen LogP contribution in [0.15, 0.2) is 48.5 Å². The van der Waals surface area contributed by atoms with Gasteiger partial charge in [-0.3, -0.25) is 29.8 Å². The molecule has 0 aromatic heterocycles. The maximum absolute atomic E-state index is 15.1. The normalized spacial score (nSPS) is 15.9. The fourth-order valence-corrected chi connectivity index (χ4v) is 5.37. The van der Waals surface area contributed by atoms with Gasteiger partial charge < -0.3 is 0 Å². The van der Waals surface area contributed by atoms with E-state index in [4.69, 9.17) is 0 Å². The lowest BCUT2D eigenvalue weighted by atomic mass is 9.67. The number of amides is 4. The first kappa shape index (κ1) is 23.0. The predicted molar refractivity (Wildman–Crippen MR) is 114 cm³/mol. The van der Waals surface area contributed by atoms with Crippen molar-refractivity contribution in [3.8, 4) is 22.3 Å². The third-order valence-corrected chi connectivity index (χ3v) is 6.90. The summed E-state index contributed by atoms with van der Waals surface area (Å²) in [6.45, 7) is 0. The molecule has 0 saturated heterocycles. The van der Waals surface area contributed by atoms with Crippen molar-refractivity contribution in [2.75, 3.05) is 0 Å². The van der Waals surface area contributed by atoms with Crippen LogP contribution in [-0.4, -0.2) is 36.0 Å². The summed E-state index contributed by atoms with van der Waals surface area (Å²) in [5.74, 6) is -4.19. The maximum atomic E-state index is 15.1. The van der Waals surface area contributed by atoms with Gasteiger partial charge in [-0.25, -0.2) is 0 Å². The van der Waals surface area contributed by atoms with Crippen LogP contribution in [0, 0.1) is 0 Å². The molecule has 2 heterocycles. The van der Waals surface area contributed by atoms with E-state index in [9.17, 15) is 19.2 Å². The number of hydrogen-bond acceptors (Lipinski definition) is 4. The summed E-state index contributed by atoms with van der Waals surface area (Å²) in [7, 11) is 0. The Hall–Kier alpha value is -4.48. The zero-order chi connectivity index (χ0) is 26.7. The standard InChI is InChI=1S/C25H10F6N2O4/c26-24(27,28)23(25(29,30)31,11-5-6-12-14(7-11)20(35)32-19(12)34)18-13-8-15-17(22(37)33-21(15)36)16(18)10-3-1-9(13)2-4-10/h1-8H,(H,32,34,35)(H,33,36,37). The predicted octanol–water partition coefficient (Wildman–Crippen LogP) is 4.51. The van der Waals surface area contributed by atoms with Gasteiger partial charge in [0.05, 0.1) is 22.3 Å². The second-order valence-corrected chi connectivity index (χ2v) is 8.75. The van der Waals surface area contributed by atoms with Gasteiger partial charge in [0.15, 0.2) is 0 Å². The molecule has 4 bridgehead atoms. The number of carbonyl (C=O) groups excluding carboxylic acids is 4. The first-order valence-corrected chi connectivity index (χ1v) is 10.6. The first-order valence-electron chi connectivity index (χ1n) is 10.6. The molecule has 37 heavy (non-hydrogen) atoms. The van der Waals surface area contributed by atoms with Crippen molar-refractivity contribution in [1.82, 2.24) is 10.6 Å². The van der Waals surface area contributed by atoms with Crippen LogP contribution in [-0.2, 0) is 5.41 Å². The van der Waals surface area contributed by atoms with Crippen LogP contribution >= 0.6 is 0 Å². The Morgan fingerprint density at radius 1 is 0.514 bits per heavy atom. The summed E-state index contributed by atoms with van der Waals surface area (Å²) < 4.78 is 90.6. The van der Waals surface area contributed by atoms with Crippen molar-refractivity contribution in [3.63, 3.8) is 0 Å². The molecule has 0 fully saturated rings. The number of alkyl halides is 6. The van der Waals surface area contributed by atoms with Crippen LogP contribution in [0.25, 0.3) is 22.3 Å². The van der Waals surface area contributed by atoms with E-state index in [0.717, 1.165) is 12.1 Å². The molecule has 4 aliphatic rings. The van der Waals surface area contributed by atoms with Crippen molar-refractivity contribution < 1.29 is 45.5 Å². The van der Waals surface area contributed by atoms with E-state index in [0.29, 0.717) is 12.1 Å². The highest BCUT2D eigenvalue weighted by atomic mass is 19.4. The van der Waals surface area contributed by atoms with E-state index in [-0.39, 0.29) is 22.3 Å². The van der Waals surface area contributed by atoms with Crippen LogP contribution < -0.4 is 10.6 Å². The maximum Gasteiger partial charge on any atom is 0.411 e. The van der Waals surface area contributed by atoms with Crippen molar-refractivity contribution in [3.05, 3.63) is 81.9 Å². The molecule has 0 saturated carbocycles. The van der Waals surface area contributed by atoms with E-state index >= 15 is 26.3 Å². The molecule has 2 aliphatic carbocycles. The van der Waals surface area contributed by atoms with Gasteiger partial charge in [0, 0.05) is 5.56 Å². The summed E-state index contributed by atoms with van der Waals surface area (Å²) in [5.41, 5.74) is -10.8. The number of imide groups is 2. The average molecular weight is 516 g/mol. The summed E-state index contributed by atoms with van der Waals surface area (Å²) in [4.78, 5) is 49.2. The summed E-state index contributed by atoms with van der Waals surface area (Å²) >= 11 is 0. The van der Waals surface area contributed by atoms with Crippen LogP contribution in [0.3, 0.4) is 0 Å². The minimum absolute atomic E-state index is 0.0422. The van der Waals surface area contributed by atoms with Gasteiger partial charge in [0.1, 0.15) is 0 Å². The number of halogens is 6. The molecule has 2 N–H and O–H groups in total. The molecule has 186 valence electrons. The van der Waals surface area contributed by atoms with E-state index in [1.807, 2.05) is 10.6 Å². The Morgan fingerprint density at radius 2 is 1.05 bits per heavy atom. The highest BCUT2D eigenvalue weighted by Crippen LogP contribution is 2.62. The first-order chi connectivity index (χ1) is 17.3. The average Bonchev–Trinajstić information content (AvgIpc) is 3.19. The number of nitrogens with one attached hydrogen (secondary N) is 2. The Kier molecular flexibility index (Phi) is 4.24. The fourth-order valence-electron chi connectivity index (χ4n) is 5.37. The summed E-state index contributed by atoms with van der Waals surface area (Å²) in [5, 5.41) is 3.77. The van der Waals surface area contributed by atoms with Crippen molar-refractivity contribution >= 4 is 23.6 Å². The molecule has 3 aromatic carbocycles. The molecule has 7 rings (SSSR count). The highest BCUT2D eigenvalue weighted by molar-refractivity contribution is 6.25. The SMILES string of the molecule is O=C1NC(=O)c2cc(C(c3c4cc5c(c3-c3ccc-4cc3)C(=O)NC5=O)(C(F)(F)F)C(F)(F)F)ccc21. The van der Waals surface area contributed by atoms with Gasteiger partial charge in [-0.1, -0.05) is 30.3 Å². The zero-order valence-corrected chi connectivity index (χ0v) is 18.0. The third kappa shape index (κ3) is 2.72. The van der Waals surface area contributed by atoms with Gasteiger partial charge in [0.2, 0.25) is 5.41 Å². The smallest absolute Gasteiger partial charge is 0.288 e. The topological polar surface area (TPSA) is 92.3 Å². The van der Waals surface area contributed by atoms with Crippen molar-refractivity contribution in [1.29, 1.82) is 0 Å². The molecule has 6 nitrogen and oxygen atoms in total. The lowest BCUT2D eigenvalue weighted by molar-refractivity contribution is -0.288. The highest BCUT2D eigenvalue weighted by Gasteiger charge is 2.74. The largest absolute Gasteiger partial charge is 0.411 e. The molecular formula is C25H10F6N2O4. The van der Waals surface area contributed by atoms with Gasteiger partial charge in [0.25, 0.3) is 23.6 Å². The number of carbonyl (C=O) groups is 4. The monoisotopic (exact) mass is 516 g/mol. The van der Waals surface area contributed by atoms with Gasteiger partial charge >= 0.3 is 12.4 Å². The zero-order valence-electron chi connectivity index (χ0n) is 18.0. The third-order valence-electron chi connectivity index (χ3n) is 6.90. The lowest BCUT2D eigenvalue weighted by Crippen LogP contribution is -2.55. The van der Waals surface area contributed by atoms with E-state index in [1.165, 1.54) is 24.3 Å².